The number of allylic oxidation sites excluding steroid dienone is 4. The molecule has 8 heteroatoms. The number of fused-ring (bicyclic) bond motifs is 5. The van der Waals surface area contributed by atoms with E-state index in [1.54, 1.807) is 20.8 Å². The van der Waals surface area contributed by atoms with Gasteiger partial charge in [-0.3, -0.25) is 9.59 Å². The molecular weight excluding hydrogens is 434 g/mol. The standard InChI is InChI=1S/C22H27Cl2FO5/c1-10-4-11-12-5-15(25)13-6-16(27)14(23)7-19(13,2)21(12,24)17(28)8-20(11,3)22(10,30)18(29)9-26/h6-7,10-12,15,17,26,28,30H,4-5,8-9H2,1-3H3/t10?,11-,12-,15?,17?,19-,20-,21-,22-/m0/s1. The lowest BCUT2D eigenvalue weighted by Gasteiger charge is -2.64. The van der Waals surface area contributed by atoms with Crippen molar-refractivity contribution >= 4 is 34.8 Å². The van der Waals surface area contributed by atoms with Crippen LogP contribution in [0.15, 0.2) is 22.8 Å². The van der Waals surface area contributed by atoms with Gasteiger partial charge in [0.2, 0.25) is 0 Å². The average molecular weight is 461 g/mol. The number of aliphatic hydroxyl groups excluding tert-OH is 2. The Morgan fingerprint density at radius 1 is 1.30 bits per heavy atom. The van der Waals surface area contributed by atoms with Crippen molar-refractivity contribution < 1.29 is 29.3 Å². The Kier molecular flexibility index (Phi) is 4.94. The summed E-state index contributed by atoms with van der Waals surface area (Å²) in [6.07, 6.45) is 0.348. The lowest BCUT2D eigenvalue weighted by atomic mass is 9.45. The van der Waals surface area contributed by atoms with Crippen LogP contribution in [0.25, 0.3) is 0 Å². The van der Waals surface area contributed by atoms with Gasteiger partial charge in [0.25, 0.3) is 0 Å². The lowest BCUT2D eigenvalue weighted by Crippen LogP contribution is -2.70. The molecule has 0 aliphatic heterocycles. The van der Waals surface area contributed by atoms with Gasteiger partial charge in [0, 0.05) is 10.8 Å². The molecule has 0 amide bonds. The minimum atomic E-state index is -1.84. The van der Waals surface area contributed by atoms with E-state index in [1.165, 1.54) is 12.2 Å². The second kappa shape index (κ2) is 6.61. The molecule has 4 rings (SSSR count). The molecule has 9 atom stereocenters. The minimum Gasteiger partial charge on any atom is -0.391 e. The number of Topliss-reactive ketones (excluding diaryl/α,β-unsaturated/α-hetero) is 1. The summed E-state index contributed by atoms with van der Waals surface area (Å²) >= 11 is 13.3. The normalized spacial score (nSPS) is 52.7. The summed E-state index contributed by atoms with van der Waals surface area (Å²) in [5, 5.41) is 32.3. The van der Waals surface area contributed by atoms with Crippen molar-refractivity contribution in [3.63, 3.8) is 0 Å². The van der Waals surface area contributed by atoms with Crippen LogP contribution in [0.4, 0.5) is 4.39 Å². The molecular formula is C22H27Cl2FO5. The van der Waals surface area contributed by atoms with Crippen LogP contribution in [-0.4, -0.2) is 56.2 Å². The fourth-order valence-electron chi connectivity index (χ4n) is 7.31. The van der Waals surface area contributed by atoms with Crippen molar-refractivity contribution in [2.45, 2.75) is 62.8 Å². The monoisotopic (exact) mass is 460 g/mol. The summed E-state index contributed by atoms with van der Waals surface area (Å²) in [4.78, 5) is 23.4. The molecule has 0 aromatic heterocycles. The molecule has 30 heavy (non-hydrogen) atoms. The van der Waals surface area contributed by atoms with E-state index in [1.807, 2.05) is 0 Å². The zero-order valence-electron chi connectivity index (χ0n) is 17.2. The van der Waals surface area contributed by atoms with E-state index < -0.39 is 63.6 Å². The van der Waals surface area contributed by atoms with E-state index in [0.29, 0.717) is 6.42 Å². The van der Waals surface area contributed by atoms with Crippen LogP contribution in [0.1, 0.15) is 40.0 Å². The van der Waals surface area contributed by atoms with Gasteiger partial charge >= 0.3 is 0 Å². The van der Waals surface area contributed by atoms with Crippen LogP contribution in [-0.2, 0) is 9.59 Å². The molecule has 0 spiro atoms. The molecule has 0 heterocycles. The quantitative estimate of drug-likeness (QED) is 0.550. The summed E-state index contributed by atoms with van der Waals surface area (Å²) in [6, 6.07) is 0. The molecule has 4 aliphatic rings. The summed E-state index contributed by atoms with van der Waals surface area (Å²) < 4.78 is 15.4. The first-order valence-electron chi connectivity index (χ1n) is 10.3. The highest BCUT2D eigenvalue weighted by molar-refractivity contribution is 6.45. The van der Waals surface area contributed by atoms with E-state index in [0.717, 1.165) is 0 Å². The van der Waals surface area contributed by atoms with Crippen molar-refractivity contribution in [3.8, 4) is 0 Å². The zero-order valence-corrected chi connectivity index (χ0v) is 18.7. The number of carbonyl (C=O) groups excluding carboxylic acids is 2. The van der Waals surface area contributed by atoms with E-state index in [2.05, 4.69) is 0 Å². The fraction of sp³-hybridized carbons (Fsp3) is 0.727. The predicted molar refractivity (Wildman–Crippen MR) is 110 cm³/mol. The third-order valence-corrected chi connectivity index (χ3v) is 10.1. The van der Waals surface area contributed by atoms with Gasteiger partial charge in [-0.2, -0.15) is 0 Å². The Balaban J connectivity index is 1.89. The Bertz CT molecular complexity index is 889. The van der Waals surface area contributed by atoms with Gasteiger partial charge < -0.3 is 15.3 Å². The number of halogens is 3. The largest absolute Gasteiger partial charge is 0.391 e. The van der Waals surface area contributed by atoms with Gasteiger partial charge in [-0.25, -0.2) is 4.39 Å². The first kappa shape index (κ1) is 22.4. The minimum absolute atomic E-state index is 0.00345. The van der Waals surface area contributed by atoms with Gasteiger partial charge in [-0.15, -0.1) is 11.6 Å². The summed E-state index contributed by atoms with van der Waals surface area (Å²) in [5.74, 6) is -2.62. The fourth-order valence-corrected chi connectivity index (χ4v) is 8.06. The second-order valence-corrected chi connectivity index (χ2v) is 11.0. The van der Waals surface area contributed by atoms with E-state index >= 15 is 4.39 Å². The van der Waals surface area contributed by atoms with Crippen molar-refractivity contribution in [2.75, 3.05) is 6.61 Å². The van der Waals surface area contributed by atoms with Gasteiger partial charge in [0.1, 0.15) is 18.4 Å². The Morgan fingerprint density at radius 3 is 2.53 bits per heavy atom. The lowest BCUT2D eigenvalue weighted by molar-refractivity contribution is -0.181. The molecule has 0 saturated heterocycles. The molecule has 166 valence electrons. The number of ketones is 2. The van der Waals surface area contributed by atoms with Crippen LogP contribution >= 0.6 is 23.2 Å². The number of aliphatic hydroxyl groups is 3. The van der Waals surface area contributed by atoms with Crippen LogP contribution in [0.3, 0.4) is 0 Å². The highest BCUT2D eigenvalue weighted by atomic mass is 35.5. The zero-order chi connectivity index (χ0) is 22.4. The first-order valence-corrected chi connectivity index (χ1v) is 11.1. The molecule has 0 aromatic rings. The summed E-state index contributed by atoms with van der Waals surface area (Å²) in [7, 11) is 0. The van der Waals surface area contributed by atoms with Crippen LogP contribution in [0.2, 0.25) is 0 Å². The third kappa shape index (κ3) is 2.35. The van der Waals surface area contributed by atoms with Crippen LogP contribution < -0.4 is 0 Å². The molecule has 5 nitrogen and oxygen atoms in total. The summed E-state index contributed by atoms with van der Waals surface area (Å²) in [5.41, 5.74) is -3.92. The topological polar surface area (TPSA) is 94.8 Å². The molecule has 0 bridgehead atoms. The van der Waals surface area contributed by atoms with Crippen LogP contribution in [0.5, 0.6) is 0 Å². The molecule has 0 radical (unpaired) electrons. The van der Waals surface area contributed by atoms with Gasteiger partial charge in [-0.1, -0.05) is 32.4 Å². The highest BCUT2D eigenvalue weighted by Gasteiger charge is 2.75. The maximum Gasteiger partial charge on any atom is 0.196 e. The van der Waals surface area contributed by atoms with Crippen molar-refractivity contribution in [2.24, 2.45) is 28.6 Å². The van der Waals surface area contributed by atoms with E-state index in [4.69, 9.17) is 23.2 Å². The Hall–Kier alpha value is -0.790. The molecule has 0 aromatic carbocycles. The number of alkyl halides is 2. The smallest absolute Gasteiger partial charge is 0.196 e. The molecule has 3 N–H and O–H groups in total. The number of hydrogen-bond donors (Lipinski definition) is 3. The summed E-state index contributed by atoms with van der Waals surface area (Å²) in [6.45, 7) is 4.34. The molecule has 3 unspecified atom stereocenters. The molecule has 3 fully saturated rings. The SMILES string of the molecule is CC1C[C@H]2[C@@H]3CC(F)C4=CC(=O)C(Cl)=C[C@]4(C)[C@@]3(Cl)C(O)C[C@]2(C)[C@@]1(O)C(=O)CO. The van der Waals surface area contributed by atoms with Crippen LogP contribution in [0, 0.1) is 28.6 Å². The van der Waals surface area contributed by atoms with Crippen molar-refractivity contribution in [3.05, 3.63) is 22.8 Å². The van der Waals surface area contributed by atoms with Gasteiger partial charge in [0.05, 0.1) is 16.0 Å². The van der Waals surface area contributed by atoms with Gasteiger partial charge in [-0.05, 0) is 54.7 Å². The highest BCUT2D eigenvalue weighted by Crippen LogP contribution is 2.71. The Labute approximate surface area is 184 Å². The van der Waals surface area contributed by atoms with Crippen molar-refractivity contribution in [1.82, 2.24) is 0 Å². The maximum atomic E-state index is 15.4. The first-order chi connectivity index (χ1) is 13.8. The maximum absolute atomic E-state index is 15.4. The van der Waals surface area contributed by atoms with E-state index in [-0.39, 0.29) is 29.4 Å². The second-order valence-electron chi connectivity index (χ2n) is 9.96. The number of hydrogen-bond acceptors (Lipinski definition) is 5. The number of carbonyl (C=O) groups is 2. The third-order valence-electron chi connectivity index (χ3n) is 8.84. The van der Waals surface area contributed by atoms with Crippen molar-refractivity contribution in [1.29, 1.82) is 0 Å². The molecule has 4 aliphatic carbocycles. The average Bonchev–Trinajstić information content (AvgIpc) is 2.87. The van der Waals surface area contributed by atoms with Gasteiger partial charge in [0.15, 0.2) is 11.6 Å². The van der Waals surface area contributed by atoms with E-state index in [9.17, 15) is 24.9 Å². The molecule has 3 saturated carbocycles. The predicted octanol–water partition coefficient (Wildman–Crippen LogP) is 2.68. The Morgan fingerprint density at radius 2 is 1.93 bits per heavy atom. The number of rotatable bonds is 2.